The molecule has 9 heterocycles. The Balaban J connectivity index is 0.661. The van der Waals surface area contributed by atoms with Gasteiger partial charge in [0.15, 0.2) is 0 Å². The average Bonchev–Trinajstić information content (AvgIpc) is 1.55. The van der Waals surface area contributed by atoms with Crippen molar-refractivity contribution in [3.8, 4) is 33.4 Å². The Hall–Kier alpha value is -16.1. The summed E-state index contributed by atoms with van der Waals surface area (Å²) in [5, 5.41) is 33.1. The van der Waals surface area contributed by atoms with Gasteiger partial charge in [0.25, 0.3) is 0 Å². The van der Waals surface area contributed by atoms with E-state index in [0.717, 1.165) is 138 Å². The third-order valence-corrected chi connectivity index (χ3v) is 32.6. The molecule has 4 aliphatic rings. The van der Waals surface area contributed by atoms with Gasteiger partial charge < -0.3 is 32.0 Å². The number of rotatable bonds is 3. The van der Waals surface area contributed by atoms with Crippen LogP contribution < -0.4 is 31.7 Å². The van der Waals surface area contributed by atoms with Crippen molar-refractivity contribution in [3.05, 3.63) is 362 Å². The summed E-state index contributed by atoms with van der Waals surface area (Å²) in [6, 6.07) is 131. The van der Waals surface area contributed by atoms with Crippen molar-refractivity contribution < 1.29 is 13.3 Å². The van der Waals surface area contributed by atoms with Crippen molar-refractivity contribution in [3.63, 3.8) is 0 Å². The standard InChI is InChI=1S/C130H92B2N4O3/c1-127(2,3)75-60-76(128(4,5)6)63-79(62-75)133-108-58-74-53-98-92-43-29-42-81(115(92)91-39-20-19-36-87(91)97(98)51-72(74)54-104(108)131-120-110(133)56-69-30-13-14-31-82(69)116(120)102-66-99-88-37-23-27-46-112(88)137-125(99)118-93-40-21-25-44-106(93)135(131)122(102)118)70-48-49-90-101-68-111-121-117(124(101)139-114(90)59-70)103-67-100-89-38-24-28-47-113(89)138-126(100)119-94-41-22-26-45-107(94)136(123(103)119)132(121)105-55-71-50-95-85-34-17-15-32-83(85)84-33-16-18-35-86(84)96(95)52-73(71)57-109(105)134(111)80-64-77(129(7,8)9)61-78(65-80)130(10,11)12/h13-68H,1-12H3. The van der Waals surface area contributed by atoms with Crippen LogP contribution >= 0.6 is 0 Å². The van der Waals surface area contributed by atoms with Gasteiger partial charge in [-0.25, -0.2) is 0 Å². The number of fused-ring (bicyclic) bond motifs is 42. The molecule has 0 N–H and O–H groups in total. The molecule has 0 amide bonds. The van der Waals surface area contributed by atoms with Gasteiger partial charge in [-0.05, 0) is 301 Å². The van der Waals surface area contributed by atoms with E-state index in [2.05, 4.69) is 442 Å². The lowest BCUT2D eigenvalue weighted by molar-refractivity contribution is 0.568. The van der Waals surface area contributed by atoms with Gasteiger partial charge in [-0.2, -0.15) is 0 Å². The van der Waals surface area contributed by atoms with E-state index >= 15 is 0 Å². The van der Waals surface area contributed by atoms with E-state index in [1.807, 2.05) is 0 Å². The Bertz CT molecular complexity index is 10400. The van der Waals surface area contributed by atoms with Crippen molar-refractivity contribution in [1.29, 1.82) is 0 Å². The Morgan fingerprint density at radius 3 is 1.08 bits per heavy atom. The largest absolute Gasteiger partial charge is 0.455 e. The van der Waals surface area contributed by atoms with Crippen LogP contribution in [-0.2, 0) is 21.7 Å². The molecule has 7 nitrogen and oxygen atoms in total. The molecule has 0 saturated carbocycles. The van der Waals surface area contributed by atoms with Gasteiger partial charge in [-0.1, -0.05) is 301 Å². The van der Waals surface area contributed by atoms with E-state index in [0.29, 0.717) is 0 Å². The highest BCUT2D eigenvalue weighted by molar-refractivity contribution is 6.92. The summed E-state index contributed by atoms with van der Waals surface area (Å²) < 4.78 is 27.9. The highest BCUT2D eigenvalue weighted by atomic mass is 16.3. The zero-order valence-electron chi connectivity index (χ0n) is 79.5. The minimum atomic E-state index is -0.325. The molecule has 0 aliphatic carbocycles. The average molecular weight is 1780 g/mol. The topological polar surface area (TPSA) is 55.8 Å². The van der Waals surface area contributed by atoms with Gasteiger partial charge in [-0.15, -0.1) is 0 Å². The second-order valence-electron chi connectivity index (χ2n) is 44.5. The summed E-state index contributed by atoms with van der Waals surface area (Å²) >= 11 is 0. The lowest BCUT2D eigenvalue weighted by atomic mass is 9.44. The summed E-state index contributed by atoms with van der Waals surface area (Å²) in [5.74, 6) is 0. The smallest absolute Gasteiger partial charge is 0.333 e. The molecule has 5 aromatic heterocycles. The first-order valence-electron chi connectivity index (χ1n) is 49.4. The molecule has 0 atom stereocenters. The van der Waals surface area contributed by atoms with Gasteiger partial charge in [-0.3, -0.25) is 0 Å². The molecule has 0 spiro atoms. The Kier molecular flexibility index (Phi) is 14.9. The van der Waals surface area contributed by atoms with Crippen LogP contribution in [0.3, 0.4) is 0 Å². The van der Waals surface area contributed by atoms with E-state index < -0.39 is 0 Å². The predicted octanol–water partition coefficient (Wildman–Crippen LogP) is 33.7. The van der Waals surface area contributed by atoms with Crippen LogP contribution in [-0.4, -0.2) is 22.7 Å². The van der Waals surface area contributed by atoms with Crippen molar-refractivity contribution in [1.82, 2.24) is 8.96 Å². The third kappa shape index (κ3) is 10.4. The third-order valence-electron chi connectivity index (χ3n) is 32.6. The highest BCUT2D eigenvalue weighted by Gasteiger charge is 2.49. The summed E-state index contributed by atoms with van der Waals surface area (Å²) in [7, 11) is 0. The minimum absolute atomic E-state index is 0.157. The van der Waals surface area contributed by atoms with Crippen LogP contribution in [0.5, 0.6) is 0 Å². The first-order chi connectivity index (χ1) is 67.4. The fourth-order valence-electron chi connectivity index (χ4n) is 26.0. The maximum absolute atomic E-state index is 8.07. The van der Waals surface area contributed by atoms with Crippen LogP contribution in [0.2, 0.25) is 0 Å². The number of nitrogens with zero attached hydrogens (tertiary/aromatic N) is 4. The minimum Gasteiger partial charge on any atom is -0.455 e. The molecule has 31 rings (SSSR count). The van der Waals surface area contributed by atoms with Gasteiger partial charge in [0.1, 0.15) is 33.5 Å². The number of benzene rings is 22. The predicted molar refractivity (Wildman–Crippen MR) is 593 cm³/mol. The SMILES string of the molecule is CC(C)(C)c1cc(N2c3cc4cc5c(cc4cc3B3c4c2cc2ccccc2c4-c2cc4c6ccccc6oc4c4c6ccccc6n3c24)c2ccccc2c2c(-c3ccc4c(c3)oc3c6c7c(cc34)N(c3cc(C(C)(C)C)cc(C(C)(C)C)c3)c3cc4cc8c9ccccc9c9ccccc9c8cc4cc3B7n3c4ccccc4c4c7oc8ccccc8c7cc-6c43)cccc52)cc(C(C)(C)C)c1. The van der Waals surface area contributed by atoms with Crippen LogP contribution in [0.1, 0.15) is 105 Å². The summed E-state index contributed by atoms with van der Waals surface area (Å²) in [6.07, 6.45) is 0. The van der Waals surface area contributed by atoms with E-state index in [1.54, 1.807) is 0 Å². The summed E-state index contributed by atoms with van der Waals surface area (Å²) in [4.78, 5) is 5.34. The lowest BCUT2D eigenvalue weighted by Gasteiger charge is -2.42. The Morgan fingerprint density at radius 2 is 0.583 bits per heavy atom. The van der Waals surface area contributed by atoms with Gasteiger partial charge in [0, 0.05) is 116 Å². The number of para-hydroxylation sites is 4. The van der Waals surface area contributed by atoms with Crippen molar-refractivity contribution in [2.75, 3.05) is 9.80 Å². The van der Waals surface area contributed by atoms with Gasteiger partial charge in [0.05, 0.1) is 10.8 Å². The van der Waals surface area contributed by atoms with Gasteiger partial charge >= 0.3 is 13.7 Å². The second-order valence-corrected chi connectivity index (χ2v) is 44.5. The fraction of sp³-hybridized carbons (Fsp3) is 0.123. The molecule has 0 unspecified atom stereocenters. The molecule has 0 saturated heterocycles. The number of hydrogen-bond donors (Lipinski definition) is 0. The van der Waals surface area contributed by atoms with E-state index in [9.17, 15) is 0 Å². The molecule has 139 heavy (non-hydrogen) atoms. The second kappa shape index (κ2) is 26.6. The molecule has 656 valence electrons. The molecular weight excluding hydrogens is 1690 g/mol. The molecule has 0 bridgehead atoms. The lowest BCUT2D eigenvalue weighted by Crippen LogP contribution is -2.56. The first-order valence-corrected chi connectivity index (χ1v) is 49.4. The van der Waals surface area contributed by atoms with Crippen LogP contribution in [0.25, 0.3) is 240 Å². The van der Waals surface area contributed by atoms with Crippen LogP contribution in [0.15, 0.2) is 353 Å². The molecule has 22 aromatic carbocycles. The quantitative estimate of drug-likeness (QED) is 0.100. The molecular formula is C130H92B2N4O3. The summed E-state index contributed by atoms with van der Waals surface area (Å²) in [6.45, 7) is 27.9. The van der Waals surface area contributed by atoms with Crippen molar-refractivity contribution in [2.45, 2.75) is 105 Å². The first kappa shape index (κ1) is 78.1. The normalized spacial score (nSPS) is 13.8. The molecule has 9 heteroatoms. The molecule has 0 fully saturated rings. The highest BCUT2D eigenvalue weighted by Crippen LogP contribution is 2.58. The zero-order chi connectivity index (χ0) is 92.7. The molecule has 4 aliphatic heterocycles. The van der Waals surface area contributed by atoms with Crippen molar-refractivity contribution >= 4 is 276 Å². The number of anilines is 6. The zero-order valence-corrected chi connectivity index (χ0v) is 79.5. The number of hydrogen-bond acceptors (Lipinski definition) is 5. The van der Waals surface area contributed by atoms with Crippen LogP contribution in [0.4, 0.5) is 34.1 Å². The van der Waals surface area contributed by atoms with E-state index in [-0.39, 0.29) is 35.4 Å². The monoisotopic (exact) mass is 1780 g/mol. The van der Waals surface area contributed by atoms with E-state index in [4.69, 9.17) is 13.3 Å². The molecule has 0 radical (unpaired) electrons. The Morgan fingerprint density at radius 1 is 0.223 bits per heavy atom. The fourth-order valence-corrected chi connectivity index (χ4v) is 26.0. The van der Waals surface area contributed by atoms with Crippen molar-refractivity contribution in [2.24, 2.45) is 0 Å². The van der Waals surface area contributed by atoms with Gasteiger partial charge in [0.2, 0.25) is 0 Å². The number of furan rings is 3. The van der Waals surface area contributed by atoms with Crippen LogP contribution in [0, 0.1) is 0 Å². The van der Waals surface area contributed by atoms with E-state index in [1.165, 1.54) is 180 Å². The maximum atomic E-state index is 8.07. The maximum Gasteiger partial charge on any atom is 0.333 e. The molecule has 27 aromatic rings. The number of aromatic nitrogens is 2. The Labute approximate surface area is 802 Å². The summed E-state index contributed by atoms with van der Waals surface area (Å²) in [5.41, 5.74) is 33.4.